The summed E-state index contributed by atoms with van der Waals surface area (Å²) in [5.74, 6) is 0. The van der Waals surface area contributed by atoms with E-state index in [1.807, 2.05) is 12.4 Å². The van der Waals surface area contributed by atoms with Crippen molar-refractivity contribution in [2.45, 2.75) is 32.0 Å². The van der Waals surface area contributed by atoms with Gasteiger partial charge in [0.2, 0.25) is 0 Å². The number of hydrogen-bond acceptors (Lipinski definition) is 3. The first kappa shape index (κ1) is 12.2. The lowest BCUT2D eigenvalue weighted by molar-refractivity contribution is 0.793. The molecule has 1 aromatic heterocycles. The van der Waals surface area contributed by atoms with Crippen LogP contribution in [0.3, 0.4) is 0 Å². The van der Waals surface area contributed by atoms with Crippen LogP contribution in [0.5, 0.6) is 0 Å². The Balaban J connectivity index is 1.80. The van der Waals surface area contributed by atoms with Crippen LogP contribution in [0.15, 0.2) is 48.8 Å². The van der Waals surface area contributed by atoms with Gasteiger partial charge in [-0.15, -0.1) is 0 Å². The number of aromatic nitrogens is 1. The Labute approximate surface area is 114 Å². The summed E-state index contributed by atoms with van der Waals surface area (Å²) in [5, 5.41) is 0. The minimum Gasteiger partial charge on any atom is -0.364 e. The van der Waals surface area contributed by atoms with Crippen molar-refractivity contribution >= 4 is 5.69 Å². The zero-order chi connectivity index (χ0) is 13.1. The molecule has 19 heavy (non-hydrogen) atoms. The molecule has 0 aliphatic heterocycles. The second-order valence-electron chi connectivity index (χ2n) is 5.09. The summed E-state index contributed by atoms with van der Waals surface area (Å²) in [6.07, 6.45) is 6.31. The third-order valence-electron chi connectivity index (χ3n) is 3.59. The average molecular weight is 253 g/mol. The van der Waals surface area contributed by atoms with Crippen molar-refractivity contribution < 1.29 is 0 Å². The fourth-order valence-electron chi connectivity index (χ4n) is 2.33. The highest BCUT2D eigenvalue weighted by molar-refractivity contribution is 5.50. The quantitative estimate of drug-likeness (QED) is 0.891. The monoisotopic (exact) mass is 253 g/mol. The molecule has 1 saturated carbocycles. The fraction of sp³-hybridized carbons (Fsp3) is 0.312. The Bertz CT molecular complexity index is 517. The van der Waals surface area contributed by atoms with Crippen LogP contribution >= 0.6 is 0 Å². The van der Waals surface area contributed by atoms with Gasteiger partial charge in [0, 0.05) is 37.2 Å². The maximum atomic E-state index is 5.65. The summed E-state index contributed by atoms with van der Waals surface area (Å²) in [6.45, 7) is 1.56. The number of anilines is 1. The average Bonchev–Trinajstić information content (AvgIpc) is 3.31. The van der Waals surface area contributed by atoms with Crippen molar-refractivity contribution in [2.24, 2.45) is 5.73 Å². The fourth-order valence-corrected chi connectivity index (χ4v) is 2.33. The molecule has 0 spiro atoms. The number of nitrogens with zero attached hydrogens (tertiary/aromatic N) is 2. The zero-order valence-corrected chi connectivity index (χ0v) is 11.0. The highest BCUT2D eigenvalue weighted by atomic mass is 15.2. The van der Waals surface area contributed by atoms with E-state index in [9.17, 15) is 0 Å². The van der Waals surface area contributed by atoms with Gasteiger partial charge in [0.1, 0.15) is 0 Å². The Morgan fingerprint density at radius 2 is 1.68 bits per heavy atom. The first-order valence-electron chi connectivity index (χ1n) is 6.81. The molecule has 3 nitrogen and oxygen atoms in total. The van der Waals surface area contributed by atoms with Crippen LogP contribution in [0.4, 0.5) is 5.69 Å². The minimum absolute atomic E-state index is 0.605. The van der Waals surface area contributed by atoms with E-state index in [2.05, 4.69) is 46.3 Å². The standard InChI is InChI=1S/C16H19N3/c17-11-13-1-3-15(4-2-13)19(16-5-6-16)12-14-7-9-18-10-8-14/h1-4,7-10,16H,5-6,11-12,17H2. The van der Waals surface area contributed by atoms with Gasteiger partial charge >= 0.3 is 0 Å². The Morgan fingerprint density at radius 1 is 1.00 bits per heavy atom. The van der Waals surface area contributed by atoms with Crippen LogP contribution in [-0.2, 0) is 13.1 Å². The van der Waals surface area contributed by atoms with Gasteiger partial charge in [-0.1, -0.05) is 12.1 Å². The molecule has 0 unspecified atom stereocenters. The topological polar surface area (TPSA) is 42.1 Å². The highest BCUT2D eigenvalue weighted by Gasteiger charge is 2.29. The number of hydrogen-bond donors (Lipinski definition) is 1. The van der Waals surface area contributed by atoms with E-state index < -0.39 is 0 Å². The van der Waals surface area contributed by atoms with Crippen molar-refractivity contribution in [3.05, 3.63) is 59.9 Å². The van der Waals surface area contributed by atoms with E-state index in [0.29, 0.717) is 12.6 Å². The molecular weight excluding hydrogens is 234 g/mol. The molecule has 2 aromatic rings. The Morgan fingerprint density at radius 3 is 2.26 bits per heavy atom. The highest BCUT2D eigenvalue weighted by Crippen LogP contribution is 2.33. The predicted molar refractivity (Wildman–Crippen MR) is 77.8 cm³/mol. The number of pyridine rings is 1. The summed E-state index contributed by atoms with van der Waals surface area (Å²) in [5.41, 5.74) is 9.43. The molecule has 1 aromatic carbocycles. The predicted octanol–water partition coefficient (Wildman–Crippen LogP) is 2.71. The van der Waals surface area contributed by atoms with Gasteiger partial charge < -0.3 is 10.6 Å². The summed E-state index contributed by atoms with van der Waals surface area (Å²) >= 11 is 0. The summed E-state index contributed by atoms with van der Waals surface area (Å²) in [7, 11) is 0. The number of benzene rings is 1. The maximum absolute atomic E-state index is 5.65. The molecule has 0 bridgehead atoms. The second kappa shape index (κ2) is 5.41. The van der Waals surface area contributed by atoms with Gasteiger partial charge in [-0.05, 0) is 48.2 Å². The van der Waals surface area contributed by atoms with Gasteiger partial charge in [0.15, 0.2) is 0 Å². The first-order valence-corrected chi connectivity index (χ1v) is 6.81. The summed E-state index contributed by atoms with van der Waals surface area (Å²) in [4.78, 5) is 6.56. The number of nitrogens with two attached hydrogens (primary N) is 1. The lowest BCUT2D eigenvalue weighted by Crippen LogP contribution is -2.24. The van der Waals surface area contributed by atoms with E-state index in [1.54, 1.807) is 0 Å². The Hall–Kier alpha value is -1.87. The van der Waals surface area contributed by atoms with Crippen LogP contribution in [0.2, 0.25) is 0 Å². The van der Waals surface area contributed by atoms with Gasteiger partial charge in [-0.2, -0.15) is 0 Å². The molecule has 0 saturated heterocycles. The molecule has 1 fully saturated rings. The van der Waals surface area contributed by atoms with Crippen molar-refractivity contribution in [1.29, 1.82) is 0 Å². The van der Waals surface area contributed by atoms with Crippen molar-refractivity contribution in [1.82, 2.24) is 4.98 Å². The second-order valence-corrected chi connectivity index (χ2v) is 5.09. The Kier molecular flexibility index (Phi) is 3.47. The normalized spacial score (nSPS) is 14.4. The molecule has 0 amide bonds. The van der Waals surface area contributed by atoms with Crippen LogP contribution < -0.4 is 10.6 Å². The van der Waals surface area contributed by atoms with Gasteiger partial charge in [0.25, 0.3) is 0 Å². The first-order chi connectivity index (χ1) is 9.36. The summed E-state index contributed by atoms with van der Waals surface area (Å²) < 4.78 is 0. The van der Waals surface area contributed by atoms with E-state index >= 15 is 0 Å². The molecule has 1 heterocycles. The van der Waals surface area contributed by atoms with Gasteiger partial charge in [0.05, 0.1) is 0 Å². The molecule has 0 radical (unpaired) electrons. The van der Waals surface area contributed by atoms with Crippen molar-refractivity contribution in [2.75, 3.05) is 4.90 Å². The minimum atomic E-state index is 0.605. The van der Waals surface area contributed by atoms with E-state index in [-0.39, 0.29) is 0 Å². The molecule has 3 rings (SSSR count). The van der Waals surface area contributed by atoms with Crippen LogP contribution in [0.1, 0.15) is 24.0 Å². The van der Waals surface area contributed by atoms with Crippen molar-refractivity contribution in [3.63, 3.8) is 0 Å². The SMILES string of the molecule is NCc1ccc(N(Cc2ccncc2)C2CC2)cc1. The van der Waals surface area contributed by atoms with Crippen LogP contribution in [-0.4, -0.2) is 11.0 Å². The molecule has 1 aliphatic carbocycles. The molecule has 2 N–H and O–H groups in total. The lowest BCUT2D eigenvalue weighted by Gasteiger charge is -2.25. The van der Waals surface area contributed by atoms with Crippen LogP contribution in [0, 0.1) is 0 Å². The molecular formula is C16H19N3. The van der Waals surface area contributed by atoms with E-state index in [4.69, 9.17) is 5.73 Å². The third kappa shape index (κ3) is 2.93. The molecule has 3 heteroatoms. The zero-order valence-electron chi connectivity index (χ0n) is 11.0. The number of rotatable bonds is 5. The van der Waals surface area contributed by atoms with Gasteiger partial charge in [-0.3, -0.25) is 4.98 Å². The van der Waals surface area contributed by atoms with Crippen LogP contribution in [0.25, 0.3) is 0 Å². The summed E-state index contributed by atoms with van der Waals surface area (Å²) in [6, 6.07) is 13.5. The largest absolute Gasteiger partial charge is 0.364 e. The van der Waals surface area contributed by atoms with E-state index in [0.717, 1.165) is 6.54 Å². The molecule has 1 aliphatic rings. The maximum Gasteiger partial charge on any atom is 0.0433 e. The molecule has 0 atom stereocenters. The van der Waals surface area contributed by atoms with E-state index in [1.165, 1.54) is 29.7 Å². The molecule has 98 valence electrons. The third-order valence-corrected chi connectivity index (χ3v) is 3.59. The lowest BCUT2D eigenvalue weighted by atomic mass is 10.1. The van der Waals surface area contributed by atoms with Gasteiger partial charge in [-0.25, -0.2) is 0 Å². The smallest absolute Gasteiger partial charge is 0.0433 e. The van der Waals surface area contributed by atoms with Crippen molar-refractivity contribution in [3.8, 4) is 0 Å².